The number of nitrogens with one attached hydrogen (secondary N) is 1. The molecule has 1 fully saturated rings. The fraction of sp³-hybridized carbons (Fsp3) is 0.419. The summed E-state index contributed by atoms with van der Waals surface area (Å²) in [5.74, 6) is -0.105. The second kappa shape index (κ2) is 11.8. The van der Waals surface area contributed by atoms with E-state index >= 15 is 8.96 Å². The van der Waals surface area contributed by atoms with Gasteiger partial charge in [-0.15, -0.1) is 0 Å². The lowest BCUT2D eigenvalue weighted by Gasteiger charge is -2.41. The maximum atomic E-state index is 15.4. The normalized spacial score (nSPS) is 22.3. The third-order valence-corrected chi connectivity index (χ3v) is 10.3. The Balaban J connectivity index is 1.86. The van der Waals surface area contributed by atoms with Crippen LogP contribution in [0.15, 0.2) is 78.9 Å². The largest absolute Gasteiger partial charge is 0.378 e. The van der Waals surface area contributed by atoms with E-state index in [2.05, 4.69) is 26.1 Å². The molecule has 37 heavy (non-hydrogen) atoms. The van der Waals surface area contributed by atoms with E-state index in [4.69, 9.17) is 4.52 Å². The van der Waals surface area contributed by atoms with E-state index < -0.39 is 19.0 Å². The van der Waals surface area contributed by atoms with E-state index in [1.165, 1.54) is 6.07 Å². The lowest BCUT2D eigenvalue weighted by molar-refractivity contribution is 0.0488. The molecule has 3 aromatic carbocycles. The first-order valence-electron chi connectivity index (χ1n) is 13.3. The van der Waals surface area contributed by atoms with Crippen LogP contribution in [-0.4, -0.2) is 20.2 Å². The van der Waals surface area contributed by atoms with Crippen molar-refractivity contribution in [1.82, 2.24) is 0 Å². The van der Waals surface area contributed by atoms with Gasteiger partial charge >= 0.3 is 0 Å². The molecule has 1 aliphatic rings. The molecule has 4 rings (SSSR count). The van der Waals surface area contributed by atoms with Crippen molar-refractivity contribution < 1.29 is 13.5 Å². The molecule has 1 N–H and O–H groups in total. The number of anilines is 2. The van der Waals surface area contributed by atoms with Crippen molar-refractivity contribution in [3.05, 3.63) is 90.2 Å². The summed E-state index contributed by atoms with van der Waals surface area (Å²) in [6, 6.07) is 23.8. The quantitative estimate of drug-likeness (QED) is 0.289. The summed E-state index contributed by atoms with van der Waals surface area (Å²) in [5, 5.41) is 4.01. The second-order valence-corrected chi connectivity index (χ2v) is 13.3. The van der Waals surface area contributed by atoms with Crippen LogP contribution in [0.1, 0.15) is 51.4 Å². The first-order valence-corrected chi connectivity index (χ1v) is 15.0. The molecule has 6 heteroatoms. The zero-order chi connectivity index (χ0) is 26.6. The van der Waals surface area contributed by atoms with Crippen molar-refractivity contribution in [2.75, 3.05) is 24.3 Å². The van der Waals surface area contributed by atoms with Crippen molar-refractivity contribution in [3.8, 4) is 0 Å². The minimum Gasteiger partial charge on any atom is -0.378 e. The number of rotatable bonds is 9. The second-order valence-electron chi connectivity index (χ2n) is 10.9. The molecule has 0 aromatic heterocycles. The predicted octanol–water partition coefficient (Wildman–Crippen LogP) is 8.08. The third-order valence-electron chi connectivity index (χ3n) is 7.60. The molecule has 0 spiro atoms. The number of benzene rings is 3. The summed E-state index contributed by atoms with van der Waals surface area (Å²) in [6.45, 7) is 6.66. The summed E-state index contributed by atoms with van der Waals surface area (Å²) in [4.78, 5) is 2.00. The Morgan fingerprint density at radius 2 is 1.59 bits per heavy atom. The first-order chi connectivity index (χ1) is 17.7. The first kappa shape index (κ1) is 27.4. The van der Waals surface area contributed by atoms with E-state index in [1.54, 1.807) is 18.2 Å². The average Bonchev–Trinajstić information content (AvgIpc) is 2.88. The molecule has 0 aliphatic heterocycles. The van der Waals surface area contributed by atoms with Crippen molar-refractivity contribution in [2.45, 2.75) is 51.9 Å². The Morgan fingerprint density at radius 3 is 2.22 bits per heavy atom. The zero-order valence-electron chi connectivity index (χ0n) is 22.6. The third kappa shape index (κ3) is 6.27. The Labute approximate surface area is 221 Å². The van der Waals surface area contributed by atoms with Crippen molar-refractivity contribution in [2.24, 2.45) is 17.8 Å². The summed E-state index contributed by atoms with van der Waals surface area (Å²) in [7, 11) is 0.258. The van der Waals surface area contributed by atoms with Gasteiger partial charge in [0.2, 0.25) is 0 Å². The lowest BCUT2D eigenvalue weighted by atomic mass is 9.75. The SMILES string of the molecule is CC(C)[C@H]1CC[C@H](C)C[C@H]1O[P@@](=O)(c1ccc(N(C)C)cc1)[C@H](Nc1ccccc1)c1ccccc1F. The number of hydrogen-bond acceptors (Lipinski definition) is 4. The maximum Gasteiger partial charge on any atom is 0.258 e. The van der Waals surface area contributed by atoms with Gasteiger partial charge in [-0.25, -0.2) is 4.39 Å². The zero-order valence-corrected chi connectivity index (χ0v) is 23.5. The van der Waals surface area contributed by atoms with E-state index in [0.717, 1.165) is 30.6 Å². The van der Waals surface area contributed by atoms with Crippen LogP contribution in [0.5, 0.6) is 0 Å². The maximum absolute atomic E-state index is 15.4. The van der Waals surface area contributed by atoms with Crippen molar-refractivity contribution in [3.63, 3.8) is 0 Å². The molecule has 4 nitrogen and oxygen atoms in total. The Hall–Kier alpha value is -2.62. The summed E-state index contributed by atoms with van der Waals surface area (Å²) in [5.41, 5.74) is 2.11. The number of hydrogen-bond donors (Lipinski definition) is 1. The van der Waals surface area contributed by atoms with Crippen LogP contribution in [0, 0.1) is 23.6 Å². The van der Waals surface area contributed by atoms with Crippen LogP contribution in [0.4, 0.5) is 15.8 Å². The van der Waals surface area contributed by atoms with Crippen LogP contribution >= 0.6 is 7.37 Å². The molecular formula is C31H40FN2O2P. The average molecular weight is 523 g/mol. The molecular weight excluding hydrogens is 482 g/mol. The van der Waals surface area contributed by atoms with Crippen molar-refractivity contribution >= 4 is 24.0 Å². The molecule has 1 saturated carbocycles. The number of halogens is 1. The summed E-state index contributed by atoms with van der Waals surface area (Å²) in [6.07, 6.45) is 2.86. The van der Waals surface area contributed by atoms with E-state index in [9.17, 15) is 0 Å². The molecule has 0 radical (unpaired) electrons. The van der Waals surface area contributed by atoms with Gasteiger partial charge < -0.3 is 14.7 Å². The molecule has 3 aromatic rings. The number of para-hydroxylation sites is 1. The highest BCUT2D eigenvalue weighted by atomic mass is 31.2. The minimum atomic E-state index is -3.69. The van der Waals surface area contributed by atoms with E-state index in [1.807, 2.05) is 73.6 Å². The highest BCUT2D eigenvalue weighted by Gasteiger charge is 2.44. The molecule has 5 atom stereocenters. The van der Waals surface area contributed by atoms with Crippen LogP contribution in [0.3, 0.4) is 0 Å². The van der Waals surface area contributed by atoms with Gasteiger partial charge in [-0.1, -0.05) is 63.6 Å². The molecule has 0 amide bonds. The fourth-order valence-electron chi connectivity index (χ4n) is 5.40. The fourth-order valence-corrected chi connectivity index (χ4v) is 8.05. The summed E-state index contributed by atoms with van der Waals surface area (Å²) < 4.78 is 37.7. The highest BCUT2D eigenvalue weighted by Crippen LogP contribution is 2.62. The van der Waals surface area contributed by atoms with Gasteiger partial charge in [-0.2, -0.15) is 0 Å². The highest BCUT2D eigenvalue weighted by molar-refractivity contribution is 7.67. The molecule has 1 aliphatic carbocycles. The van der Waals surface area contributed by atoms with Crippen LogP contribution in [-0.2, 0) is 9.09 Å². The lowest BCUT2D eigenvalue weighted by Crippen LogP contribution is -2.36. The van der Waals surface area contributed by atoms with Crippen LogP contribution in [0.2, 0.25) is 0 Å². The van der Waals surface area contributed by atoms with Crippen LogP contribution in [0.25, 0.3) is 0 Å². The van der Waals surface area contributed by atoms with Crippen molar-refractivity contribution in [1.29, 1.82) is 0 Å². The van der Waals surface area contributed by atoms with Crippen LogP contribution < -0.4 is 15.5 Å². The molecule has 0 heterocycles. The van der Waals surface area contributed by atoms with E-state index in [-0.39, 0.29) is 6.10 Å². The number of nitrogens with zero attached hydrogens (tertiary/aromatic N) is 1. The Morgan fingerprint density at radius 1 is 0.946 bits per heavy atom. The van der Waals surface area contributed by atoms with Gasteiger partial charge in [-0.3, -0.25) is 4.57 Å². The Kier molecular flexibility index (Phi) is 8.77. The van der Waals surface area contributed by atoms with Gasteiger partial charge in [0.05, 0.1) is 6.10 Å². The molecule has 0 unspecified atom stereocenters. The Bertz CT molecular complexity index is 1200. The topological polar surface area (TPSA) is 41.6 Å². The molecule has 0 bridgehead atoms. The summed E-state index contributed by atoms with van der Waals surface area (Å²) >= 11 is 0. The molecule has 198 valence electrons. The van der Waals surface area contributed by atoms with Gasteiger partial charge in [0, 0.05) is 36.3 Å². The minimum absolute atomic E-state index is 0.171. The van der Waals surface area contributed by atoms with E-state index in [0.29, 0.717) is 28.6 Å². The predicted molar refractivity (Wildman–Crippen MR) is 153 cm³/mol. The van der Waals surface area contributed by atoms with Gasteiger partial charge in [0.15, 0.2) is 0 Å². The van der Waals surface area contributed by atoms with Gasteiger partial charge in [-0.05, 0) is 73.1 Å². The smallest absolute Gasteiger partial charge is 0.258 e. The standard InChI is InChI=1S/C31H40FN2O2P/c1-22(2)27-20-15-23(3)21-30(27)36-37(35,26-18-16-25(17-19-26)34(4)5)31(28-13-9-10-14-29(28)32)33-24-11-7-6-8-12-24/h6-14,16-19,22-23,27,30-31,33H,15,20-21H2,1-5H3/t23-,27+,30+,31-,37-/m0/s1. The van der Waals surface area contributed by atoms with Gasteiger partial charge in [0.25, 0.3) is 7.37 Å². The van der Waals surface area contributed by atoms with Gasteiger partial charge in [0.1, 0.15) is 11.6 Å². The monoisotopic (exact) mass is 522 g/mol. The molecule has 0 saturated heterocycles.